The van der Waals surface area contributed by atoms with Crippen LogP contribution in [0, 0.1) is 0 Å². The fourth-order valence-corrected chi connectivity index (χ4v) is 3.50. The minimum absolute atomic E-state index is 0.880. The van der Waals surface area contributed by atoms with Crippen molar-refractivity contribution in [1.82, 2.24) is 9.97 Å². The second kappa shape index (κ2) is 6.03. The zero-order valence-electron chi connectivity index (χ0n) is 13.5. The Morgan fingerprint density at radius 2 is 1.78 bits per heavy atom. The van der Waals surface area contributed by atoms with Gasteiger partial charge < -0.3 is 9.64 Å². The molecule has 0 saturated carbocycles. The highest BCUT2D eigenvalue weighted by molar-refractivity contribution is 6.11. The molecule has 4 nitrogen and oxygen atoms in total. The number of ether oxygens (including phenoxy) is 1. The van der Waals surface area contributed by atoms with Crippen LogP contribution in [0.3, 0.4) is 0 Å². The van der Waals surface area contributed by atoms with Crippen molar-refractivity contribution < 1.29 is 4.74 Å². The Balaban J connectivity index is 1.94. The van der Waals surface area contributed by atoms with E-state index in [2.05, 4.69) is 39.1 Å². The highest BCUT2D eigenvalue weighted by Crippen LogP contribution is 2.33. The SMILES string of the molecule is COc1ccc2c(ccc3ncnc(N4CCCCCC4)c32)c1. The number of aromatic nitrogens is 2. The van der Waals surface area contributed by atoms with E-state index in [-0.39, 0.29) is 0 Å². The van der Waals surface area contributed by atoms with Crippen molar-refractivity contribution in [3.05, 3.63) is 36.7 Å². The van der Waals surface area contributed by atoms with E-state index in [4.69, 9.17) is 4.74 Å². The third-order valence-corrected chi connectivity index (χ3v) is 4.71. The van der Waals surface area contributed by atoms with Crippen LogP contribution in [0.1, 0.15) is 25.7 Å². The summed E-state index contributed by atoms with van der Waals surface area (Å²) in [5.41, 5.74) is 1.01. The molecule has 1 saturated heterocycles. The molecule has 0 bridgehead atoms. The maximum absolute atomic E-state index is 5.36. The summed E-state index contributed by atoms with van der Waals surface area (Å²) >= 11 is 0. The number of nitrogens with zero attached hydrogens (tertiary/aromatic N) is 3. The van der Waals surface area contributed by atoms with Crippen molar-refractivity contribution in [2.75, 3.05) is 25.1 Å². The average Bonchev–Trinajstić information content (AvgIpc) is 2.89. The number of benzene rings is 2. The van der Waals surface area contributed by atoms with Crippen LogP contribution in [0.25, 0.3) is 21.7 Å². The molecule has 0 amide bonds. The molecule has 0 unspecified atom stereocenters. The van der Waals surface area contributed by atoms with Gasteiger partial charge in [-0.15, -0.1) is 0 Å². The van der Waals surface area contributed by atoms with Crippen molar-refractivity contribution >= 4 is 27.5 Å². The molecule has 1 aromatic heterocycles. The van der Waals surface area contributed by atoms with Crippen molar-refractivity contribution in [3.8, 4) is 5.75 Å². The molecule has 0 spiro atoms. The summed E-state index contributed by atoms with van der Waals surface area (Å²) in [7, 11) is 1.70. The van der Waals surface area contributed by atoms with Gasteiger partial charge in [0.2, 0.25) is 0 Å². The van der Waals surface area contributed by atoms with E-state index >= 15 is 0 Å². The quantitative estimate of drug-likeness (QED) is 0.666. The third-order valence-electron chi connectivity index (χ3n) is 4.71. The molecule has 2 aromatic carbocycles. The van der Waals surface area contributed by atoms with Crippen LogP contribution in [0.15, 0.2) is 36.7 Å². The molecular weight excluding hydrogens is 286 g/mol. The van der Waals surface area contributed by atoms with Crippen LogP contribution in [0.4, 0.5) is 5.82 Å². The first-order valence-corrected chi connectivity index (χ1v) is 8.33. The van der Waals surface area contributed by atoms with E-state index < -0.39 is 0 Å². The number of fused-ring (bicyclic) bond motifs is 3. The molecule has 3 aromatic rings. The van der Waals surface area contributed by atoms with Gasteiger partial charge in [0.25, 0.3) is 0 Å². The number of hydrogen-bond acceptors (Lipinski definition) is 4. The Morgan fingerprint density at radius 3 is 2.57 bits per heavy atom. The molecule has 0 atom stereocenters. The fraction of sp³-hybridized carbons (Fsp3) is 0.368. The van der Waals surface area contributed by atoms with Crippen molar-refractivity contribution in [1.29, 1.82) is 0 Å². The predicted molar refractivity (Wildman–Crippen MR) is 94.3 cm³/mol. The van der Waals surface area contributed by atoms with E-state index in [0.29, 0.717) is 0 Å². The van der Waals surface area contributed by atoms with Gasteiger partial charge in [0.05, 0.1) is 18.0 Å². The number of anilines is 1. The lowest BCUT2D eigenvalue weighted by Gasteiger charge is -2.23. The third kappa shape index (κ3) is 2.58. The maximum Gasteiger partial charge on any atom is 0.140 e. The van der Waals surface area contributed by atoms with Crippen LogP contribution < -0.4 is 9.64 Å². The van der Waals surface area contributed by atoms with Gasteiger partial charge in [-0.25, -0.2) is 9.97 Å². The van der Waals surface area contributed by atoms with E-state index in [1.54, 1.807) is 13.4 Å². The number of hydrogen-bond donors (Lipinski definition) is 0. The lowest BCUT2D eigenvalue weighted by molar-refractivity contribution is 0.415. The zero-order chi connectivity index (χ0) is 15.6. The predicted octanol–water partition coefficient (Wildman–Crippen LogP) is 4.17. The molecule has 4 rings (SSSR count). The first kappa shape index (κ1) is 14.2. The summed E-state index contributed by atoms with van der Waals surface area (Å²) < 4.78 is 5.36. The Labute approximate surface area is 136 Å². The van der Waals surface area contributed by atoms with E-state index in [1.165, 1.54) is 36.5 Å². The van der Waals surface area contributed by atoms with E-state index in [1.807, 2.05) is 6.07 Å². The summed E-state index contributed by atoms with van der Waals surface area (Å²) in [6.07, 6.45) is 6.81. The molecular formula is C19H21N3O. The van der Waals surface area contributed by atoms with Crippen LogP contribution >= 0.6 is 0 Å². The van der Waals surface area contributed by atoms with Crippen LogP contribution in [-0.4, -0.2) is 30.2 Å². The summed E-state index contributed by atoms with van der Waals surface area (Å²) in [5, 5.41) is 3.53. The van der Waals surface area contributed by atoms with Crippen molar-refractivity contribution in [2.24, 2.45) is 0 Å². The van der Waals surface area contributed by atoms with Gasteiger partial charge in [0.15, 0.2) is 0 Å². The van der Waals surface area contributed by atoms with Gasteiger partial charge in [-0.1, -0.05) is 18.9 Å². The summed E-state index contributed by atoms with van der Waals surface area (Å²) in [6.45, 7) is 2.16. The van der Waals surface area contributed by atoms with Crippen LogP contribution in [0.2, 0.25) is 0 Å². The Bertz CT molecular complexity index is 839. The molecule has 1 aliphatic heterocycles. The van der Waals surface area contributed by atoms with E-state index in [9.17, 15) is 0 Å². The largest absolute Gasteiger partial charge is 0.497 e. The average molecular weight is 307 g/mol. The molecule has 23 heavy (non-hydrogen) atoms. The Kier molecular flexibility index (Phi) is 3.74. The molecule has 1 fully saturated rings. The topological polar surface area (TPSA) is 38.3 Å². The van der Waals surface area contributed by atoms with Crippen molar-refractivity contribution in [2.45, 2.75) is 25.7 Å². The highest BCUT2D eigenvalue weighted by Gasteiger charge is 2.16. The Hall–Kier alpha value is -2.36. The zero-order valence-corrected chi connectivity index (χ0v) is 13.5. The van der Waals surface area contributed by atoms with Gasteiger partial charge in [0.1, 0.15) is 17.9 Å². The van der Waals surface area contributed by atoms with Gasteiger partial charge in [-0.05, 0) is 47.9 Å². The van der Waals surface area contributed by atoms with Crippen molar-refractivity contribution in [3.63, 3.8) is 0 Å². The standard InChI is InChI=1S/C19H21N3O/c1-23-15-7-8-16-14(12-15)6-9-17-18(16)19(21-13-20-17)22-10-4-2-3-5-11-22/h6-9,12-13H,2-5,10-11H2,1H3. The normalized spacial score (nSPS) is 15.8. The number of methoxy groups -OCH3 is 1. The second-order valence-corrected chi connectivity index (χ2v) is 6.15. The van der Waals surface area contributed by atoms with Crippen LogP contribution in [0.5, 0.6) is 5.75 Å². The molecule has 0 N–H and O–H groups in total. The highest BCUT2D eigenvalue weighted by atomic mass is 16.5. The van der Waals surface area contributed by atoms with Gasteiger partial charge in [-0.2, -0.15) is 0 Å². The smallest absolute Gasteiger partial charge is 0.140 e. The summed E-state index contributed by atoms with van der Waals surface area (Å²) in [6, 6.07) is 10.4. The first-order valence-electron chi connectivity index (χ1n) is 8.33. The molecule has 1 aliphatic rings. The number of rotatable bonds is 2. The molecule has 0 radical (unpaired) electrons. The first-order chi connectivity index (χ1) is 11.4. The van der Waals surface area contributed by atoms with Gasteiger partial charge >= 0.3 is 0 Å². The fourth-order valence-electron chi connectivity index (χ4n) is 3.50. The molecule has 4 heteroatoms. The monoisotopic (exact) mass is 307 g/mol. The molecule has 0 aliphatic carbocycles. The molecule has 118 valence electrons. The lowest BCUT2D eigenvalue weighted by Crippen LogP contribution is -2.25. The Morgan fingerprint density at radius 1 is 0.957 bits per heavy atom. The summed E-state index contributed by atoms with van der Waals surface area (Å²) in [5.74, 6) is 1.96. The van der Waals surface area contributed by atoms with E-state index in [0.717, 1.165) is 35.6 Å². The van der Waals surface area contributed by atoms with Gasteiger partial charge in [0, 0.05) is 13.1 Å². The minimum atomic E-state index is 0.880. The van der Waals surface area contributed by atoms with Crippen LogP contribution in [-0.2, 0) is 0 Å². The summed E-state index contributed by atoms with van der Waals surface area (Å²) in [4.78, 5) is 11.6. The lowest BCUT2D eigenvalue weighted by atomic mass is 10.0. The molecule has 2 heterocycles. The van der Waals surface area contributed by atoms with Gasteiger partial charge in [-0.3, -0.25) is 0 Å². The maximum atomic E-state index is 5.36. The minimum Gasteiger partial charge on any atom is -0.497 e. The second-order valence-electron chi connectivity index (χ2n) is 6.15.